The molecule has 2 aliphatic carbocycles. The van der Waals surface area contributed by atoms with Gasteiger partial charge >= 0.3 is 0 Å². The summed E-state index contributed by atoms with van der Waals surface area (Å²) in [6.45, 7) is 6.10. The van der Waals surface area contributed by atoms with Crippen molar-refractivity contribution in [1.29, 1.82) is 0 Å². The quantitative estimate of drug-likeness (QED) is 0.623. The van der Waals surface area contributed by atoms with Crippen LogP contribution in [0.5, 0.6) is 0 Å². The molecule has 0 aromatic carbocycles. The van der Waals surface area contributed by atoms with Crippen LogP contribution >= 0.6 is 15.9 Å². The Hall–Kier alpha value is -0.420. The summed E-state index contributed by atoms with van der Waals surface area (Å²) in [5.74, 6) is 0.126. The summed E-state index contributed by atoms with van der Waals surface area (Å²) < 4.78 is 0. The number of carbonyl (C=O) groups is 2. The maximum absolute atomic E-state index is 12.6. The van der Waals surface area contributed by atoms with E-state index in [-0.39, 0.29) is 21.9 Å². The first kappa shape index (κ1) is 14.0. The number of carbonyl (C=O) groups excluding carboxylic acids is 2. The molecule has 3 atom stereocenters. The summed E-state index contributed by atoms with van der Waals surface area (Å²) in [5, 5.41) is 1.64. The zero-order chi connectivity index (χ0) is 13.9. The van der Waals surface area contributed by atoms with Crippen molar-refractivity contribution in [2.24, 2.45) is 16.2 Å². The van der Waals surface area contributed by atoms with Crippen molar-refractivity contribution in [3.63, 3.8) is 0 Å². The van der Waals surface area contributed by atoms with Crippen LogP contribution in [0.3, 0.4) is 0 Å². The molecule has 0 aliphatic heterocycles. The number of ketones is 1. The van der Waals surface area contributed by atoms with Crippen LogP contribution in [0.4, 0.5) is 0 Å². The van der Waals surface area contributed by atoms with Crippen LogP contribution in [0.1, 0.15) is 33.6 Å². The molecule has 102 valence electrons. The third-order valence-electron chi connectivity index (χ3n) is 5.45. The average molecular weight is 317 g/mol. The lowest BCUT2D eigenvalue weighted by atomic mass is 9.64. The number of nitrogens with zero attached hydrogens (tertiary/aromatic N) is 1. The lowest BCUT2D eigenvalue weighted by Gasteiger charge is -2.40. The van der Waals surface area contributed by atoms with Gasteiger partial charge in [-0.3, -0.25) is 15.0 Å². The maximum atomic E-state index is 12.6. The van der Waals surface area contributed by atoms with E-state index in [2.05, 4.69) is 35.2 Å². The van der Waals surface area contributed by atoms with Crippen LogP contribution in [-0.2, 0) is 9.59 Å². The molecule has 0 unspecified atom stereocenters. The van der Waals surface area contributed by atoms with Crippen molar-refractivity contribution in [2.45, 2.75) is 38.4 Å². The van der Waals surface area contributed by atoms with Crippen molar-refractivity contribution in [3.8, 4) is 0 Å². The van der Waals surface area contributed by atoms with Gasteiger partial charge in [-0.2, -0.15) is 0 Å². The second-order valence-electron chi connectivity index (χ2n) is 6.49. The largest absolute Gasteiger partial charge is 0.298 e. The molecule has 2 fully saturated rings. The minimum Gasteiger partial charge on any atom is -0.298 e. The molecule has 0 spiro atoms. The molecular weight excluding hydrogens is 296 g/mol. The van der Waals surface area contributed by atoms with E-state index in [4.69, 9.17) is 0 Å². The number of alkyl halides is 1. The Morgan fingerprint density at radius 1 is 1.33 bits per heavy atom. The van der Waals surface area contributed by atoms with Crippen molar-refractivity contribution in [1.82, 2.24) is 10.4 Å². The first-order valence-electron chi connectivity index (χ1n) is 6.28. The van der Waals surface area contributed by atoms with Gasteiger partial charge in [0.1, 0.15) is 0 Å². The molecule has 0 heterocycles. The van der Waals surface area contributed by atoms with Crippen LogP contribution in [0.15, 0.2) is 0 Å². The lowest BCUT2D eigenvalue weighted by molar-refractivity contribution is -0.140. The molecule has 2 rings (SSSR count). The van der Waals surface area contributed by atoms with Gasteiger partial charge in [-0.05, 0) is 18.3 Å². The molecule has 2 saturated carbocycles. The highest BCUT2D eigenvalue weighted by atomic mass is 79.9. The minimum absolute atomic E-state index is 0.0473. The predicted octanol–water partition coefficient (Wildman–Crippen LogP) is 1.74. The normalized spacial score (nSPS) is 41.5. The molecule has 2 bridgehead atoms. The fraction of sp³-hybridized carbons (Fsp3) is 0.846. The Balaban J connectivity index is 2.49. The molecule has 18 heavy (non-hydrogen) atoms. The number of Topliss-reactive ketones (excluding diaryl/α,β-unsaturated/α-hetero) is 1. The van der Waals surface area contributed by atoms with E-state index >= 15 is 0 Å². The van der Waals surface area contributed by atoms with Gasteiger partial charge in [-0.25, -0.2) is 5.01 Å². The molecular formula is C13H21BrN2O2. The zero-order valence-corrected chi connectivity index (χ0v) is 13.2. The van der Waals surface area contributed by atoms with Crippen LogP contribution < -0.4 is 5.43 Å². The molecule has 4 nitrogen and oxygen atoms in total. The summed E-state index contributed by atoms with van der Waals surface area (Å²) in [7, 11) is 3.57. The predicted molar refractivity (Wildman–Crippen MR) is 73.1 cm³/mol. The average Bonchev–Trinajstić information content (AvgIpc) is 2.51. The zero-order valence-electron chi connectivity index (χ0n) is 11.6. The van der Waals surface area contributed by atoms with E-state index in [1.165, 1.54) is 0 Å². The smallest absolute Gasteiger partial charge is 0.242 e. The number of hydrogen-bond acceptors (Lipinski definition) is 3. The van der Waals surface area contributed by atoms with Gasteiger partial charge in [0.2, 0.25) is 5.91 Å². The fourth-order valence-corrected chi connectivity index (χ4v) is 5.27. The summed E-state index contributed by atoms with van der Waals surface area (Å²) >= 11 is 3.49. The first-order valence-corrected chi connectivity index (χ1v) is 7.19. The summed E-state index contributed by atoms with van der Waals surface area (Å²) in [6, 6.07) is 0. The third kappa shape index (κ3) is 1.29. The Kier molecular flexibility index (Phi) is 2.95. The molecule has 0 saturated heterocycles. The van der Waals surface area contributed by atoms with Crippen molar-refractivity contribution in [2.75, 3.05) is 14.1 Å². The van der Waals surface area contributed by atoms with E-state index in [0.29, 0.717) is 0 Å². The summed E-state index contributed by atoms with van der Waals surface area (Å²) in [4.78, 5) is 24.7. The maximum Gasteiger partial charge on any atom is 0.242 e. The number of hydrogen-bond donors (Lipinski definition) is 1. The molecule has 2 aliphatic rings. The number of nitrogens with one attached hydrogen (secondary N) is 1. The molecule has 0 aromatic rings. The highest BCUT2D eigenvalue weighted by Crippen LogP contribution is 2.72. The van der Waals surface area contributed by atoms with Gasteiger partial charge < -0.3 is 0 Å². The lowest BCUT2D eigenvalue weighted by Crippen LogP contribution is -2.53. The molecule has 1 amide bonds. The van der Waals surface area contributed by atoms with Gasteiger partial charge in [0, 0.05) is 19.5 Å². The van der Waals surface area contributed by atoms with Crippen molar-refractivity contribution in [3.05, 3.63) is 0 Å². The first-order chi connectivity index (χ1) is 8.11. The van der Waals surface area contributed by atoms with Crippen LogP contribution in [0, 0.1) is 16.2 Å². The number of amides is 1. The van der Waals surface area contributed by atoms with E-state index in [0.717, 1.165) is 12.8 Å². The van der Waals surface area contributed by atoms with Crippen LogP contribution in [0.2, 0.25) is 0 Å². The topological polar surface area (TPSA) is 49.4 Å². The van der Waals surface area contributed by atoms with E-state index in [9.17, 15) is 9.59 Å². The fourth-order valence-electron chi connectivity index (χ4n) is 3.76. The van der Waals surface area contributed by atoms with Gasteiger partial charge in [0.15, 0.2) is 5.78 Å². The highest BCUT2D eigenvalue weighted by molar-refractivity contribution is 9.10. The number of halogens is 1. The van der Waals surface area contributed by atoms with Gasteiger partial charge in [-0.15, -0.1) is 0 Å². The summed E-state index contributed by atoms with van der Waals surface area (Å²) in [5.41, 5.74) is 1.48. The number of rotatable bonds is 2. The second kappa shape index (κ2) is 3.79. The minimum atomic E-state index is -0.636. The highest BCUT2D eigenvalue weighted by Gasteiger charge is 2.76. The Bertz CT molecular complexity index is 421. The molecule has 0 aromatic heterocycles. The van der Waals surface area contributed by atoms with Crippen LogP contribution in [-0.4, -0.2) is 35.6 Å². The molecule has 0 radical (unpaired) electrons. The van der Waals surface area contributed by atoms with Crippen molar-refractivity contribution >= 4 is 27.6 Å². The van der Waals surface area contributed by atoms with Gasteiger partial charge in [0.25, 0.3) is 0 Å². The van der Waals surface area contributed by atoms with E-state index in [1.54, 1.807) is 19.1 Å². The Morgan fingerprint density at radius 2 is 1.89 bits per heavy atom. The van der Waals surface area contributed by atoms with Crippen LogP contribution in [0.25, 0.3) is 0 Å². The second-order valence-corrected chi connectivity index (χ2v) is 7.41. The number of hydrazine groups is 1. The number of fused-ring (bicyclic) bond motifs is 2. The summed E-state index contributed by atoms with van der Waals surface area (Å²) in [6.07, 6.45) is 1.56. The van der Waals surface area contributed by atoms with Gasteiger partial charge in [-0.1, -0.05) is 36.7 Å². The monoisotopic (exact) mass is 316 g/mol. The van der Waals surface area contributed by atoms with E-state index in [1.807, 2.05) is 6.92 Å². The molecule has 1 N–H and O–H groups in total. The van der Waals surface area contributed by atoms with Crippen molar-refractivity contribution < 1.29 is 9.59 Å². The SMILES string of the molecule is CN(C)NC(=O)[C@@]12CC[C@@](C)(C(=O)[C@@H]1Br)C2(C)C. The Labute approximate surface area is 117 Å². The van der Waals surface area contributed by atoms with Gasteiger partial charge in [0.05, 0.1) is 10.2 Å². The standard InChI is InChI=1S/C13H21BrN2O2/c1-11(2)12(3)6-7-13(11,8(14)9(12)17)10(18)15-16(4)5/h8H,6-7H2,1-5H3,(H,15,18)/t8-,12-,13+/m0/s1. The Morgan fingerprint density at radius 3 is 2.28 bits per heavy atom. The third-order valence-corrected chi connectivity index (χ3v) is 6.65. The molecule has 5 heteroatoms. The van der Waals surface area contributed by atoms with E-state index < -0.39 is 10.8 Å².